The van der Waals surface area contributed by atoms with Crippen LogP contribution in [0.3, 0.4) is 0 Å². The van der Waals surface area contributed by atoms with Crippen LogP contribution in [-0.2, 0) is 6.42 Å². The molecule has 0 fully saturated rings. The summed E-state index contributed by atoms with van der Waals surface area (Å²) in [4.78, 5) is 16.2. The zero-order valence-electron chi connectivity index (χ0n) is 9.97. The van der Waals surface area contributed by atoms with Gasteiger partial charge in [-0.3, -0.25) is 4.79 Å². The molecule has 2 aromatic carbocycles. The topological polar surface area (TPSA) is 43.1 Å². The maximum absolute atomic E-state index is 13.0. The van der Waals surface area contributed by atoms with Gasteiger partial charge in [0.2, 0.25) is 5.89 Å². The highest BCUT2D eigenvalue weighted by Crippen LogP contribution is 2.16. The molecule has 3 nitrogen and oxygen atoms in total. The van der Waals surface area contributed by atoms with E-state index in [1.807, 2.05) is 18.2 Å². The van der Waals surface area contributed by atoms with E-state index in [1.54, 1.807) is 12.1 Å². The van der Waals surface area contributed by atoms with E-state index in [4.69, 9.17) is 4.42 Å². The lowest BCUT2D eigenvalue weighted by Gasteiger charge is -1.97. The summed E-state index contributed by atoms with van der Waals surface area (Å²) in [5.41, 5.74) is 1.68. The SMILES string of the molecule is O=C(Cc1nc2ccccc2o1)c1cccc(F)c1. The predicted octanol–water partition coefficient (Wildman–Crippen LogP) is 3.39. The number of aromatic nitrogens is 1. The van der Waals surface area contributed by atoms with Gasteiger partial charge in [-0.2, -0.15) is 0 Å². The molecular weight excluding hydrogens is 245 g/mol. The third-order valence-corrected chi connectivity index (χ3v) is 2.80. The molecule has 19 heavy (non-hydrogen) atoms. The Balaban J connectivity index is 1.86. The van der Waals surface area contributed by atoms with Gasteiger partial charge in [0.1, 0.15) is 11.3 Å². The van der Waals surface area contributed by atoms with Crippen molar-refractivity contribution >= 4 is 16.9 Å². The first-order chi connectivity index (χ1) is 9.22. The summed E-state index contributed by atoms with van der Waals surface area (Å²) in [5, 5.41) is 0. The Morgan fingerprint density at radius 1 is 1.16 bits per heavy atom. The summed E-state index contributed by atoms with van der Waals surface area (Å²) in [7, 11) is 0. The molecule has 0 amide bonds. The molecule has 0 aliphatic carbocycles. The molecule has 0 unspecified atom stereocenters. The van der Waals surface area contributed by atoms with Crippen molar-refractivity contribution in [1.82, 2.24) is 4.98 Å². The van der Waals surface area contributed by atoms with Crippen LogP contribution >= 0.6 is 0 Å². The number of fused-ring (bicyclic) bond motifs is 1. The van der Waals surface area contributed by atoms with Gasteiger partial charge in [-0.1, -0.05) is 24.3 Å². The van der Waals surface area contributed by atoms with Gasteiger partial charge in [-0.25, -0.2) is 9.37 Å². The number of carbonyl (C=O) groups excluding carboxylic acids is 1. The van der Waals surface area contributed by atoms with E-state index in [-0.39, 0.29) is 12.2 Å². The third-order valence-electron chi connectivity index (χ3n) is 2.80. The van der Waals surface area contributed by atoms with E-state index in [0.29, 0.717) is 22.6 Å². The van der Waals surface area contributed by atoms with Crippen LogP contribution in [0.2, 0.25) is 0 Å². The number of rotatable bonds is 3. The largest absolute Gasteiger partial charge is 0.440 e. The van der Waals surface area contributed by atoms with Gasteiger partial charge in [0.15, 0.2) is 11.4 Å². The minimum Gasteiger partial charge on any atom is -0.440 e. The lowest BCUT2D eigenvalue weighted by Crippen LogP contribution is -2.03. The second kappa shape index (κ2) is 4.65. The normalized spacial score (nSPS) is 10.8. The van der Waals surface area contributed by atoms with Crippen LogP contribution in [0.5, 0.6) is 0 Å². The van der Waals surface area contributed by atoms with Crippen molar-refractivity contribution in [2.45, 2.75) is 6.42 Å². The molecule has 0 saturated carbocycles. The first-order valence-electron chi connectivity index (χ1n) is 5.85. The number of nitrogens with zero attached hydrogens (tertiary/aromatic N) is 1. The molecule has 0 atom stereocenters. The molecule has 1 heterocycles. The molecular formula is C15H10FNO2. The molecule has 4 heteroatoms. The molecule has 3 rings (SSSR count). The van der Waals surface area contributed by atoms with Crippen molar-refractivity contribution in [2.75, 3.05) is 0 Å². The molecule has 0 aliphatic heterocycles. The Labute approximate surface area is 108 Å². The number of ketones is 1. The minimum atomic E-state index is -0.427. The molecule has 0 radical (unpaired) electrons. The summed E-state index contributed by atoms with van der Waals surface area (Å²) in [6.45, 7) is 0. The first kappa shape index (κ1) is 11.6. The fraction of sp³-hybridized carbons (Fsp3) is 0.0667. The molecule has 0 aliphatic rings. The number of carbonyl (C=O) groups is 1. The van der Waals surface area contributed by atoms with E-state index in [2.05, 4.69) is 4.98 Å². The smallest absolute Gasteiger partial charge is 0.203 e. The number of halogens is 1. The maximum atomic E-state index is 13.0. The highest BCUT2D eigenvalue weighted by molar-refractivity contribution is 5.97. The van der Waals surface area contributed by atoms with E-state index in [1.165, 1.54) is 18.2 Å². The summed E-state index contributed by atoms with van der Waals surface area (Å²) < 4.78 is 18.5. The van der Waals surface area contributed by atoms with Gasteiger partial charge < -0.3 is 4.42 Å². The Morgan fingerprint density at radius 2 is 2.00 bits per heavy atom. The van der Waals surface area contributed by atoms with Crippen LogP contribution in [0.25, 0.3) is 11.1 Å². The Kier molecular flexibility index (Phi) is 2.83. The van der Waals surface area contributed by atoms with Crippen molar-refractivity contribution in [3.05, 3.63) is 65.8 Å². The van der Waals surface area contributed by atoms with Crippen LogP contribution in [-0.4, -0.2) is 10.8 Å². The van der Waals surface area contributed by atoms with Crippen LogP contribution < -0.4 is 0 Å². The molecule has 94 valence electrons. The molecule has 0 bridgehead atoms. The van der Waals surface area contributed by atoms with Gasteiger partial charge in [0, 0.05) is 5.56 Å². The molecule has 3 aromatic rings. The van der Waals surface area contributed by atoms with Gasteiger partial charge in [0.25, 0.3) is 0 Å². The Hall–Kier alpha value is -2.49. The summed E-state index contributed by atoms with van der Waals surface area (Å²) in [6.07, 6.45) is 0.0259. The van der Waals surface area contributed by atoms with Crippen molar-refractivity contribution in [2.24, 2.45) is 0 Å². The zero-order valence-corrected chi connectivity index (χ0v) is 9.97. The van der Waals surface area contributed by atoms with E-state index < -0.39 is 5.82 Å². The van der Waals surface area contributed by atoms with E-state index >= 15 is 0 Å². The summed E-state index contributed by atoms with van der Waals surface area (Å²) >= 11 is 0. The van der Waals surface area contributed by atoms with Crippen molar-refractivity contribution < 1.29 is 13.6 Å². The van der Waals surface area contributed by atoms with Crippen LogP contribution in [0, 0.1) is 5.82 Å². The van der Waals surface area contributed by atoms with Gasteiger partial charge >= 0.3 is 0 Å². The second-order valence-corrected chi connectivity index (χ2v) is 4.19. The third kappa shape index (κ3) is 2.38. The van der Waals surface area contributed by atoms with Gasteiger partial charge in [0.05, 0.1) is 6.42 Å². The van der Waals surface area contributed by atoms with E-state index in [0.717, 1.165) is 0 Å². The van der Waals surface area contributed by atoms with Crippen LogP contribution in [0.1, 0.15) is 16.2 Å². The highest BCUT2D eigenvalue weighted by Gasteiger charge is 2.12. The lowest BCUT2D eigenvalue weighted by molar-refractivity contribution is 0.0985. The Morgan fingerprint density at radius 3 is 2.79 bits per heavy atom. The maximum Gasteiger partial charge on any atom is 0.203 e. The zero-order chi connectivity index (χ0) is 13.2. The number of hydrogen-bond acceptors (Lipinski definition) is 3. The molecule has 0 spiro atoms. The summed E-state index contributed by atoms with van der Waals surface area (Å²) in [6, 6.07) is 12.9. The quantitative estimate of drug-likeness (QED) is 0.674. The number of oxazole rings is 1. The fourth-order valence-corrected chi connectivity index (χ4v) is 1.90. The molecule has 0 saturated heterocycles. The van der Waals surface area contributed by atoms with Gasteiger partial charge in [-0.15, -0.1) is 0 Å². The number of hydrogen-bond donors (Lipinski definition) is 0. The fourth-order valence-electron chi connectivity index (χ4n) is 1.90. The number of para-hydroxylation sites is 2. The second-order valence-electron chi connectivity index (χ2n) is 4.19. The summed E-state index contributed by atoms with van der Waals surface area (Å²) in [5.74, 6) is -0.301. The van der Waals surface area contributed by atoms with Crippen molar-refractivity contribution in [1.29, 1.82) is 0 Å². The predicted molar refractivity (Wildman–Crippen MR) is 68.4 cm³/mol. The molecule has 1 aromatic heterocycles. The number of benzene rings is 2. The van der Waals surface area contributed by atoms with Gasteiger partial charge in [-0.05, 0) is 24.3 Å². The highest BCUT2D eigenvalue weighted by atomic mass is 19.1. The van der Waals surface area contributed by atoms with Crippen molar-refractivity contribution in [3.8, 4) is 0 Å². The monoisotopic (exact) mass is 255 g/mol. The average molecular weight is 255 g/mol. The van der Waals surface area contributed by atoms with Crippen molar-refractivity contribution in [3.63, 3.8) is 0 Å². The lowest BCUT2D eigenvalue weighted by atomic mass is 10.1. The Bertz CT molecular complexity index is 715. The minimum absolute atomic E-state index is 0.0259. The van der Waals surface area contributed by atoms with E-state index in [9.17, 15) is 9.18 Å². The first-order valence-corrected chi connectivity index (χ1v) is 5.85. The van der Waals surface area contributed by atoms with Crippen LogP contribution in [0.15, 0.2) is 52.9 Å². The standard InChI is InChI=1S/C15H10FNO2/c16-11-5-3-4-10(8-11)13(18)9-15-17-12-6-1-2-7-14(12)19-15/h1-8H,9H2. The molecule has 0 N–H and O–H groups in total. The average Bonchev–Trinajstić information content (AvgIpc) is 2.80. The number of Topliss-reactive ketones (excluding diaryl/α,β-unsaturated/α-hetero) is 1. The van der Waals surface area contributed by atoms with Crippen LogP contribution in [0.4, 0.5) is 4.39 Å².